The molecule has 4 rings (SSSR count). The lowest BCUT2D eigenvalue weighted by Gasteiger charge is -2.26. The number of hydrogen-bond acceptors (Lipinski definition) is 3. The molecule has 1 aliphatic heterocycles. The van der Waals surface area contributed by atoms with E-state index in [1.54, 1.807) is 0 Å². The Morgan fingerprint density at radius 1 is 1.19 bits per heavy atom. The molecule has 2 aromatic rings. The van der Waals surface area contributed by atoms with Crippen molar-refractivity contribution in [2.45, 2.75) is 57.5 Å². The van der Waals surface area contributed by atoms with Crippen molar-refractivity contribution in [2.24, 2.45) is 5.92 Å². The summed E-state index contributed by atoms with van der Waals surface area (Å²) < 4.78 is 2.34. The zero-order valence-corrected chi connectivity index (χ0v) is 16.1. The minimum absolute atomic E-state index is 0.0507. The van der Waals surface area contributed by atoms with Gasteiger partial charge in [-0.1, -0.05) is 43.5 Å². The number of benzene rings is 1. The minimum Gasteiger partial charge on any atom is -0.481 e. The number of carboxylic acids is 1. The van der Waals surface area contributed by atoms with Gasteiger partial charge in [0.05, 0.1) is 17.9 Å². The molecular formula is C22H29N3O2. The topological polar surface area (TPSA) is 58.4 Å². The molecule has 5 nitrogen and oxygen atoms in total. The van der Waals surface area contributed by atoms with E-state index in [4.69, 9.17) is 0 Å². The van der Waals surface area contributed by atoms with Crippen molar-refractivity contribution in [3.05, 3.63) is 53.6 Å². The van der Waals surface area contributed by atoms with E-state index in [9.17, 15) is 9.90 Å². The number of aromatic nitrogens is 2. The van der Waals surface area contributed by atoms with Crippen LogP contribution in [0.15, 0.2) is 36.8 Å². The molecule has 1 aliphatic carbocycles. The molecule has 0 spiro atoms. The van der Waals surface area contributed by atoms with Crippen LogP contribution in [0, 0.1) is 12.8 Å². The second-order valence-electron chi connectivity index (χ2n) is 8.19. The molecule has 1 N–H and O–H groups in total. The normalized spacial score (nSPS) is 24.3. The van der Waals surface area contributed by atoms with E-state index in [1.165, 1.54) is 48.9 Å². The quantitative estimate of drug-likeness (QED) is 0.868. The van der Waals surface area contributed by atoms with Crippen LogP contribution in [0.1, 0.15) is 60.9 Å². The SMILES string of the molecule is Cc1ccccc1[C@@H]1CN(Cc2cncn2C2CCCCC2)C[C@H]1C(=O)O. The predicted molar refractivity (Wildman–Crippen MR) is 105 cm³/mol. The monoisotopic (exact) mass is 367 g/mol. The van der Waals surface area contributed by atoms with Crippen molar-refractivity contribution in [2.75, 3.05) is 13.1 Å². The molecule has 1 saturated heterocycles. The van der Waals surface area contributed by atoms with Crippen molar-refractivity contribution in [3.8, 4) is 0 Å². The van der Waals surface area contributed by atoms with Gasteiger partial charge in [0.2, 0.25) is 0 Å². The van der Waals surface area contributed by atoms with Crippen molar-refractivity contribution in [1.82, 2.24) is 14.5 Å². The van der Waals surface area contributed by atoms with E-state index in [-0.39, 0.29) is 11.8 Å². The Labute approximate surface area is 161 Å². The Morgan fingerprint density at radius 2 is 1.96 bits per heavy atom. The second kappa shape index (κ2) is 7.85. The minimum atomic E-state index is -0.688. The molecule has 2 aliphatic rings. The maximum Gasteiger partial charge on any atom is 0.308 e. The predicted octanol–water partition coefficient (Wildman–Crippen LogP) is 4.00. The van der Waals surface area contributed by atoms with Crippen molar-refractivity contribution < 1.29 is 9.90 Å². The van der Waals surface area contributed by atoms with Crippen molar-refractivity contribution in [3.63, 3.8) is 0 Å². The van der Waals surface area contributed by atoms with Crippen LogP contribution in [0.4, 0.5) is 0 Å². The number of imidazole rings is 1. The number of aliphatic carboxylic acids is 1. The first-order valence-electron chi connectivity index (χ1n) is 10.1. The van der Waals surface area contributed by atoms with Gasteiger partial charge in [0.1, 0.15) is 0 Å². The van der Waals surface area contributed by atoms with Gasteiger partial charge in [0.25, 0.3) is 0 Å². The van der Waals surface area contributed by atoms with Crippen LogP contribution in [0.3, 0.4) is 0 Å². The lowest BCUT2D eigenvalue weighted by Crippen LogP contribution is -2.25. The number of nitrogens with zero attached hydrogens (tertiary/aromatic N) is 3. The molecule has 1 aromatic heterocycles. The van der Waals surface area contributed by atoms with Gasteiger partial charge in [-0.05, 0) is 30.9 Å². The highest BCUT2D eigenvalue weighted by Crippen LogP contribution is 2.36. The molecule has 2 heterocycles. The Kier molecular flexibility index (Phi) is 5.30. The summed E-state index contributed by atoms with van der Waals surface area (Å²) in [6, 6.07) is 8.76. The Hall–Kier alpha value is -2.14. The third-order valence-corrected chi connectivity index (χ3v) is 6.40. The van der Waals surface area contributed by atoms with E-state index in [1.807, 2.05) is 24.7 Å². The summed E-state index contributed by atoms with van der Waals surface area (Å²) in [6.07, 6.45) is 10.3. The third-order valence-electron chi connectivity index (χ3n) is 6.40. The highest BCUT2D eigenvalue weighted by Gasteiger charge is 2.39. The van der Waals surface area contributed by atoms with E-state index in [0.717, 1.165) is 13.1 Å². The summed E-state index contributed by atoms with van der Waals surface area (Å²) in [7, 11) is 0. The van der Waals surface area contributed by atoms with Crippen LogP contribution < -0.4 is 0 Å². The zero-order chi connectivity index (χ0) is 18.8. The van der Waals surface area contributed by atoms with Crippen LogP contribution in [-0.4, -0.2) is 38.6 Å². The van der Waals surface area contributed by atoms with Gasteiger partial charge in [-0.25, -0.2) is 4.98 Å². The highest BCUT2D eigenvalue weighted by atomic mass is 16.4. The molecule has 27 heavy (non-hydrogen) atoms. The summed E-state index contributed by atoms with van der Waals surface area (Å²) in [5, 5.41) is 9.79. The first-order chi connectivity index (χ1) is 13.1. The number of carboxylic acid groups (broad SMARTS) is 1. The maximum absolute atomic E-state index is 11.9. The molecule has 144 valence electrons. The standard InChI is InChI=1S/C22H29N3O2/c1-16-7-5-6-10-19(16)20-13-24(14-21(20)22(26)27)12-18-11-23-15-25(18)17-8-3-2-4-9-17/h5-7,10-11,15,17,20-21H,2-4,8-9,12-14H2,1H3,(H,26,27)/t20-,21+/m0/s1. The number of aryl methyl sites for hydroxylation is 1. The molecule has 0 bridgehead atoms. The molecule has 2 atom stereocenters. The summed E-state index contributed by atoms with van der Waals surface area (Å²) in [4.78, 5) is 18.6. The van der Waals surface area contributed by atoms with Crippen LogP contribution in [0.2, 0.25) is 0 Å². The fourth-order valence-electron chi connectivity index (χ4n) is 4.95. The molecule has 5 heteroatoms. The molecule has 0 radical (unpaired) electrons. The second-order valence-corrected chi connectivity index (χ2v) is 8.19. The van der Waals surface area contributed by atoms with Crippen LogP contribution >= 0.6 is 0 Å². The highest BCUT2D eigenvalue weighted by molar-refractivity contribution is 5.72. The van der Waals surface area contributed by atoms with E-state index >= 15 is 0 Å². The fraction of sp³-hybridized carbons (Fsp3) is 0.545. The van der Waals surface area contributed by atoms with Crippen LogP contribution in [0.5, 0.6) is 0 Å². The average molecular weight is 367 g/mol. The number of rotatable bonds is 5. The fourth-order valence-corrected chi connectivity index (χ4v) is 4.95. The van der Waals surface area contributed by atoms with Crippen LogP contribution in [0.25, 0.3) is 0 Å². The Morgan fingerprint density at radius 3 is 2.70 bits per heavy atom. The van der Waals surface area contributed by atoms with Gasteiger partial charge in [-0.15, -0.1) is 0 Å². The molecule has 0 unspecified atom stereocenters. The van der Waals surface area contributed by atoms with Crippen molar-refractivity contribution in [1.29, 1.82) is 0 Å². The molecule has 0 amide bonds. The summed E-state index contributed by atoms with van der Waals surface area (Å²) in [6.45, 7) is 4.25. The number of hydrogen-bond donors (Lipinski definition) is 1. The van der Waals surface area contributed by atoms with Crippen molar-refractivity contribution >= 4 is 5.97 Å². The van der Waals surface area contributed by atoms with E-state index in [2.05, 4.69) is 33.5 Å². The molecule has 2 fully saturated rings. The van der Waals surface area contributed by atoms with E-state index < -0.39 is 5.97 Å². The summed E-state index contributed by atoms with van der Waals surface area (Å²) in [5.74, 6) is -0.988. The van der Waals surface area contributed by atoms with Gasteiger partial charge >= 0.3 is 5.97 Å². The summed E-state index contributed by atoms with van der Waals surface area (Å²) >= 11 is 0. The lowest BCUT2D eigenvalue weighted by molar-refractivity contribution is -0.141. The molecule has 1 aromatic carbocycles. The molecular weight excluding hydrogens is 338 g/mol. The largest absolute Gasteiger partial charge is 0.481 e. The molecule has 1 saturated carbocycles. The average Bonchev–Trinajstić information content (AvgIpc) is 3.30. The smallest absolute Gasteiger partial charge is 0.308 e. The Balaban J connectivity index is 1.52. The number of likely N-dealkylation sites (tertiary alicyclic amines) is 1. The summed E-state index contributed by atoms with van der Waals surface area (Å²) in [5.41, 5.74) is 3.58. The van der Waals surface area contributed by atoms with Gasteiger partial charge in [0, 0.05) is 37.8 Å². The number of carbonyl (C=O) groups is 1. The first-order valence-corrected chi connectivity index (χ1v) is 10.1. The Bertz CT molecular complexity index is 794. The maximum atomic E-state index is 11.9. The first kappa shape index (κ1) is 18.2. The third kappa shape index (κ3) is 3.79. The van der Waals surface area contributed by atoms with Gasteiger partial charge in [-0.2, -0.15) is 0 Å². The van der Waals surface area contributed by atoms with Crippen LogP contribution in [-0.2, 0) is 11.3 Å². The van der Waals surface area contributed by atoms with E-state index in [0.29, 0.717) is 12.6 Å². The zero-order valence-electron chi connectivity index (χ0n) is 16.1. The van der Waals surface area contributed by atoms with Gasteiger partial charge < -0.3 is 9.67 Å². The lowest BCUT2D eigenvalue weighted by atomic mass is 9.86. The van der Waals surface area contributed by atoms with Gasteiger partial charge in [0.15, 0.2) is 0 Å². The van der Waals surface area contributed by atoms with Gasteiger partial charge in [-0.3, -0.25) is 9.69 Å².